The predicted octanol–water partition coefficient (Wildman–Crippen LogP) is 3.20. The van der Waals surface area contributed by atoms with E-state index < -0.39 is 0 Å². The molecule has 0 saturated carbocycles. The van der Waals surface area contributed by atoms with Crippen LogP contribution in [0.3, 0.4) is 0 Å². The second-order valence-electron chi connectivity index (χ2n) is 3.68. The van der Waals surface area contributed by atoms with E-state index in [2.05, 4.69) is 9.97 Å². The van der Waals surface area contributed by atoms with Crippen molar-refractivity contribution in [3.8, 4) is 17.0 Å². The van der Waals surface area contributed by atoms with Gasteiger partial charge in [0.15, 0.2) is 0 Å². The van der Waals surface area contributed by atoms with E-state index in [1.165, 1.54) is 0 Å². The fourth-order valence-corrected chi connectivity index (χ4v) is 1.79. The molecule has 2 aromatic rings. The number of halogens is 1. The van der Waals surface area contributed by atoms with Gasteiger partial charge in [0.2, 0.25) is 0 Å². The summed E-state index contributed by atoms with van der Waals surface area (Å²) < 4.78 is 5.23. The number of alkyl halides is 1. The maximum Gasteiger partial charge on any atom is 0.143 e. The number of hydrogen-bond donors (Lipinski definition) is 0. The van der Waals surface area contributed by atoms with Gasteiger partial charge in [-0.2, -0.15) is 0 Å². The van der Waals surface area contributed by atoms with Crippen molar-refractivity contribution in [3.63, 3.8) is 0 Å². The van der Waals surface area contributed by atoms with Crippen LogP contribution < -0.4 is 4.74 Å². The highest BCUT2D eigenvalue weighted by Gasteiger charge is 2.04. The molecule has 0 N–H and O–H groups in total. The van der Waals surface area contributed by atoms with Gasteiger partial charge in [0, 0.05) is 11.8 Å². The average Bonchev–Trinajstić information content (AvgIpc) is 2.38. The second kappa shape index (κ2) is 5.15. The second-order valence-corrected chi connectivity index (χ2v) is 3.94. The Labute approximate surface area is 105 Å². The summed E-state index contributed by atoms with van der Waals surface area (Å²) in [5.74, 6) is 1.83. The van der Waals surface area contributed by atoms with E-state index >= 15 is 0 Å². The predicted molar refractivity (Wildman–Crippen MR) is 68.3 cm³/mol. The van der Waals surface area contributed by atoms with E-state index in [0.717, 1.165) is 22.6 Å². The Hall–Kier alpha value is -1.61. The van der Waals surface area contributed by atoms with Crippen LogP contribution in [0.2, 0.25) is 0 Å². The Balaban J connectivity index is 2.42. The Bertz CT molecular complexity index is 529. The topological polar surface area (TPSA) is 35.0 Å². The minimum atomic E-state index is 0.322. The lowest BCUT2D eigenvalue weighted by Gasteiger charge is -2.07. The van der Waals surface area contributed by atoms with Gasteiger partial charge in [-0.05, 0) is 36.8 Å². The van der Waals surface area contributed by atoms with Gasteiger partial charge in [-0.1, -0.05) is 0 Å². The summed E-state index contributed by atoms with van der Waals surface area (Å²) >= 11 is 5.72. The molecule has 1 aromatic heterocycles. The molecule has 0 amide bonds. The largest absolute Gasteiger partial charge is 0.496 e. The molecule has 0 aliphatic carbocycles. The van der Waals surface area contributed by atoms with Crippen molar-refractivity contribution in [3.05, 3.63) is 41.9 Å². The lowest BCUT2D eigenvalue weighted by molar-refractivity contribution is 0.412. The van der Waals surface area contributed by atoms with Gasteiger partial charge in [0.1, 0.15) is 11.6 Å². The highest BCUT2D eigenvalue weighted by Crippen LogP contribution is 2.24. The van der Waals surface area contributed by atoms with Crippen LogP contribution in [-0.4, -0.2) is 17.1 Å². The molecule has 0 atom stereocenters. The van der Waals surface area contributed by atoms with E-state index in [4.69, 9.17) is 16.3 Å². The Morgan fingerprint density at radius 1 is 1.29 bits per heavy atom. The highest BCUT2D eigenvalue weighted by molar-refractivity contribution is 6.16. The molecule has 0 aliphatic heterocycles. The van der Waals surface area contributed by atoms with Crippen molar-refractivity contribution < 1.29 is 4.74 Å². The summed E-state index contributed by atoms with van der Waals surface area (Å²) in [6, 6.07) is 7.83. The van der Waals surface area contributed by atoms with Crippen LogP contribution in [-0.2, 0) is 5.88 Å². The molecule has 2 rings (SSSR count). The first kappa shape index (κ1) is 11.9. The lowest BCUT2D eigenvalue weighted by atomic mass is 10.1. The first-order valence-electron chi connectivity index (χ1n) is 5.27. The van der Waals surface area contributed by atoms with Gasteiger partial charge in [-0.25, -0.2) is 9.97 Å². The third kappa shape index (κ3) is 2.56. The minimum absolute atomic E-state index is 0.322. The molecule has 0 spiro atoms. The first-order chi connectivity index (χ1) is 8.24. The molecular formula is C13H13ClN2O. The molecule has 0 unspecified atom stereocenters. The van der Waals surface area contributed by atoms with Crippen molar-refractivity contribution in [2.24, 2.45) is 0 Å². The molecule has 3 nitrogen and oxygen atoms in total. The maximum absolute atomic E-state index is 5.72. The van der Waals surface area contributed by atoms with Crippen LogP contribution >= 0.6 is 11.6 Å². The molecule has 1 aromatic carbocycles. The fraction of sp³-hybridized carbons (Fsp3) is 0.231. The van der Waals surface area contributed by atoms with Crippen LogP contribution in [0, 0.1) is 6.92 Å². The zero-order valence-electron chi connectivity index (χ0n) is 9.77. The minimum Gasteiger partial charge on any atom is -0.496 e. The Kier molecular flexibility index (Phi) is 3.59. The van der Waals surface area contributed by atoms with Gasteiger partial charge >= 0.3 is 0 Å². The maximum atomic E-state index is 5.72. The Morgan fingerprint density at radius 2 is 2.12 bits per heavy atom. The normalized spacial score (nSPS) is 10.3. The zero-order chi connectivity index (χ0) is 12.3. The number of benzene rings is 1. The lowest BCUT2D eigenvalue weighted by Crippen LogP contribution is -1.94. The molecule has 1 heterocycles. The van der Waals surface area contributed by atoms with Crippen LogP contribution in [0.15, 0.2) is 30.5 Å². The molecule has 0 aliphatic rings. The zero-order valence-corrected chi connectivity index (χ0v) is 10.5. The Morgan fingerprint density at radius 3 is 2.76 bits per heavy atom. The molecule has 17 heavy (non-hydrogen) atoms. The van der Waals surface area contributed by atoms with Crippen molar-refractivity contribution in [2.45, 2.75) is 12.8 Å². The molecule has 0 radical (unpaired) electrons. The van der Waals surface area contributed by atoms with E-state index in [9.17, 15) is 0 Å². The summed E-state index contributed by atoms with van der Waals surface area (Å²) in [7, 11) is 1.66. The number of rotatable bonds is 3. The monoisotopic (exact) mass is 248 g/mol. The fourth-order valence-electron chi connectivity index (χ4n) is 1.66. The third-order valence-electron chi connectivity index (χ3n) is 2.52. The quantitative estimate of drug-likeness (QED) is 0.783. The molecule has 4 heteroatoms. The molecule has 0 saturated heterocycles. The molecular weight excluding hydrogens is 236 g/mol. The van der Waals surface area contributed by atoms with Gasteiger partial charge < -0.3 is 4.74 Å². The van der Waals surface area contributed by atoms with Gasteiger partial charge in [0.05, 0.1) is 18.7 Å². The number of methoxy groups -OCH3 is 1. The molecule has 0 bridgehead atoms. The van der Waals surface area contributed by atoms with Gasteiger partial charge in [-0.15, -0.1) is 11.6 Å². The summed E-state index contributed by atoms with van der Waals surface area (Å²) in [4.78, 5) is 8.45. The van der Waals surface area contributed by atoms with E-state index in [-0.39, 0.29) is 0 Å². The SMILES string of the molecule is COc1ccc(-c2ccnc(CCl)n2)cc1C. The number of aryl methyl sites for hydroxylation is 1. The standard InChI is InChI=1S/C13H13ClN2O/c1-9-7-10(3-4-12(9)17-2)11-5-6-15-13(8-14)16-11/h3-7H,8H2,1-2H3. The average molecular weight is 249 g/mol. The van der Waals surface area contributed by atoms with Crippen molar-refractivity contribution in [2.75, 3.05) is 7.11 Å². The summed E-state index contributed by atoms with van der Waals surface area (Å²) in [6.07, 6.45) is 1.72. The van der Waals surface area contributed by atoms with Gasteiger partial charge in [0.25, 0.3) is 0 Å². The smallest absolute Gasteiger partial charge is 0.143 e. The summed E-state index contributed by atoms with van der Waals surface area (Å²) in [6.45, 7) is 2.01. The highest BCUT2D eigenvalue weighted by atomic mass is 35.5. The van der Waals surface area contributed by atoms with Crippen molar-refractivity contribution in [1.82, 2.24) is 9.97 Å². The van der Waals surface area contributed by atoms with Crippen LogP contribution in [0.4, 0.5) is 0 Å². The van der Waals surface area contributed by atoms with Crippen molar-refractivity contribution >= 4 is 11.6 Å². The van der Waals surface area contributed by atoms with Crippen molar-refractivity contribution in [1.29, 1.82) is 0 Å². The van der Waals surface area contributed by atoms with E-state index in [0.29, 0.717) is 11.7 Å². The number of aromatic nitrogens is 2. The molecule has 88 valence electrons. The van der Waals surface area contributed by atoms with E-state index in [1.807, 2.05) is 31.2 Å². The van der Waals surface area contributed by atoms with Crippen LogP contribution in [0.25, 0.3) is 11.3 Å². The number of hydrogen-bond acceptors (Lipinski definition) is 3. The molecule has 0 fully saturated rings. The summed E-state index contributed by atoms with van der Waals surface area (Å²) in [5.41, 5.74) is 2.99. The first-order valence-corrected chi connectivity index (χ1v) is 5.81. The third-order valence-corrected chi connectivity index (χ3v) is 2.75. The van der Waals surface area contributed by atoms with E-state index in [1.54, 1.807) is 13.3 Å². The number of ether oxygens (including phenoxy) is 1. The van der Waals surface area contributed by atoms with Gasteiger partial charge in [-0.3, -0.25) is 0 Å². The number of nitrogens with zero attached hydrogens (tertiary/aromatic N) is 2. The van der Waals surface area contributed by atoms with Crippen LogP contribution in [0.5, 0.6) is 5.75 Å². The van der Waals surface area contributed by atoms with Crippen LogP contribution in [0.1, 0.15) is 11.4 Å². The summed E-state index contributed by atoms with van der Waals surface area (Å²) in [5, 5.41) is 0.